The van der Waals surface area contributed by atoms with Gasteiger partial charge in [0.2, 0.25) is 11.6 Å². The minimum absolute atomic E-state index is 0.196. The Morgan fingerprint density at radius 3 is 2.40 bits per heavy atom. The molecule has 9 nitrogen and oxygen atoms in total. The topological polar surface area (TPSA) is 156 Å². The number of Topliss-reactive ketones (excluding diaryl/α,β-unsaturated/α-hetero) is 2. The second kappa shape index (κ2) is 10.3. The molecule has 3 aromatic rings. The number of amides is 1. The Bertz CT molecular complexity index is 1990. The number of aliphatic hydroxyl groups excluding tert-OH is 1. The number of aryl methyl sites for hydroxylation is 1. The lowest BCUT2D eigenvalue weighted by atomic mass is 9.53. The van der Waals surface area contributed by atoms with E-state index in [4.69, 9.17) is 15.2 Å². The van der Waals surface area contributed by atoms with Gasteiger partial charge in [0.15, 0.2) is 5.60 Å². The van der Waals surface area contributed by atoms with E-state index in [-0.39, 0.29) is 17.6 Å². The first kappa shape index (κ1) is 31.1. The Balaban J connectivity index is 1.57. The number of phenolic OH excluding ortho intramolecular Hbond substituents is 1. The van der Waals surface area contributed by atoms with E-state index in [9.17, 15) is 29.7 Å². The molecule has 3 aromatic carbocycles. The van der Waals surface area contributed by atoms with Crippen LogP contribution in [0.15, 0.2) is 59.4 Å². The maximum atomic E-state index is 14.6. The highest BCUT2D eigenvalue weighted by Crippen LogP contribution is 2.65. The van der Waals surface area contributed by atoms with Crippen molar-refractivity contribution in [3.63, 3.8) is 0 Å². The Morgan fingerprint density at radius 2 is 1.77 bits per heavy atom. The van der Waals surface area contributed by atoms with Crippen molar-refractivity contribution >= 4 is 28.2 Å². The molecule has 9 heteroatoms. The van der Waals surface area contributed by atoms with Crippen molar-refractivity contribution in [2.24, 2.45) is 17.1 Å². The molecular weight excluding hydrogens is 598 g/mol. The van der Waals surface area contributed by atoms with Crippen LogP contribution in [0.25, 0.3) is 10.8 Å². The fourth-order valence-electron chi connectivity index (χ4n) is 9.30. The van der Waals surface area contributed by atoms with Gasteiger partial charge < -0.3 is 30.5 Å². The van der Waals surface area contributed by atoms with E-state index in [1.807, 2.05) is 43.3 Å². The molecule has 7 rings (SSSR count). The predicted octanol–water partition coefficient (Wildman–Crippen LogP) is 5.49. The Kier molecular flexibility index (Phi) is 6.80. The number of hydrogen-bond acceptors (Lipinski definition) is 8. The molecule has 47 heavy (non-hydrogen) atoms. The first-order valence-electron chi connectivity index (χ1n) is 16.0. The standard InChI is InChI=1S/C38H39NO8/c1-18-14-24(47-17-20-11-7-6-8-12-20)28-25-21(16-37(30(18)25)19(2)10-9-13-36(37,3)4)26-29(31(28)41)34(43)38(45)22(32(26)46-5)15-23(40)27(33(38)42)35(39)44/h6-8,10-12,14,22,32,40-41,45H,9,13,15-17H2,1-5H3,(H2,39,44)/t22-,32+,37+,38-/m1/s1. The lowest BCUT2D eigenvalue weighted by molar-refractivity contribution is -0.145. The number of carbonyl (C=O) groups is 3. The molecule has 1 amide bonds. The van der Waals surface area contributed by atoms with Gasteiger partial charge in [0, 0.05) is 24.9 Å². The van der Waals surface area contributed by atoms with Crippen LogP contribution in [0.2, 0.25) is 0 Å². The summed E-state index contributed by atoms with van der Waals surface area (Å²) in [4.78, 5) is 40.6. The van der Waals surface area contributed by atoms with Gasteiger partial charge >= 0.3 is 0 Å². The molecule has 244 valence electrons. The van der Waals surface area contributed by atoms with Gasteiger partial charge in [0.25, 0.3) is 5.91 Å². The lowest BCUT2D eigenvalue weighted by Gasteiger charge is -2.50. The molecule has 4 atom stereocenters. The molecule has 0 aliphatic heterocycles. The van der Waals surface area contributed by atoms with Gasteiger partial charge in [-0.05, 0) is 77.8 Å². The minimum Gasteiger partial charge on any atom is -0.511 e. The van der Waals surface area contributed by atoms with Crippen molar-refractivity contribution in [1.29, 1.82) is 0 Å². The second-order valence-corrected chi connectivity index (χ2v) is 14.2. The number of hydrogen-bond donors (Lipinski definition) is 4. The number of carbonyl (C=O) groups excluding carboxylic acids is 3. The van der Waals surface area contributed by atoms with E-state index in [1.54, 1.807) is 0 Å². The highest BCUT2D eigenvalue weighted by atomic mass is 16.5. The molecule has 0 radical (unpaired) electrons. The van der Waals surface area contributed by atoms with Crippen LogP contribution in [-0.4, -0.2) is 45.5 Å². The molecular formula is C38H39NO8. The number of rotatable bonds is 5. The smallest absolute Gasteiger partial charge is 0.255 e. The summed E-state index contributed by atoms with van der Waals surface area (Å²) in [5, 5.41) is 36.2. The summed E-state index contributed by atoms with van der Waals surface area (Å²) in [5.74, 6) is -5.57. The average molecular weight is 638 g/mol. The number of fused-ring (bicyclic) bond motifs is 4. The van der Waals surface area contributed by atoms with Gasteiger partial charge in [-0.2, -0.15) is 0 Å². The Hall–Kier alpha value is -4.47. The normalized spacial score (nSPS) is 27.6. The number of primary amides is 1. The summed E-state index contributed by atoms with van der Waals surface area (Å²) in [5.41, 5.74) is 6.11. The number of ketones is 2. The van der Waals surface area contributed by atoms with Crippen LogP contribution in [0, 0.1) is 18.3 Å². The zero-order chi connectivity index (χ0) is 33.8. The average Bonchev–Trinajstić information content (AvgIpc) is 3.39. The molecule has 0 heterocycles. The van der Waals surface area contributed by atoms with E-state index in [1.165, 1.54) is 12.7 Å². The highest BCUT2D eigenvalue weighted by molar-refractivity contribution is 6.33. The molecule has 1 spiro atoms. The summed E-state index contributed by atoms with van der Waals surface area (Å²) in [6.45, 7) is 8.87. The predicted molar refractivity (Wildman–Crippen MR) is 174 cm³/mol. The van der Waals surface area contributed by atoms with E-state index in [2.05, 4.69) is 26.8 Å². The molecule has 0 saturated heterocycles. The first-order valence-corrected chi connectivity index (χ1v) is 16.0. The van der Waals surface area contributed by atoms with Gasteiger partial charge in [-0.25, -0.2) is 0 Å². The molecule has 4 aliphatic carbocycles. The SMILES string of the molecule is CO[C@@H]1c2c(c(O)c3c(OCc4ccccc4)cc(C)c4c3c2C[C@]42C(C)=CCCC2(C)C)C(=O)[C@]2(O)C(=O)C(C(N)=O)=C(O)C[C@H]12. The summed E-state index contributed by atoms with van der Waals surface area (Å²) < 4.78 is 12.4. The number of nitrogens with two attached hydrogens (primary N) is 1. The Morgan fingerprint density at radius 1 is 1.06 bits per heavy atom. The Labute approximate surface area is 272 Å². The van der Waals surface area contributed by atoms with Gasteiger partial charge in [-0.1, -0.05) is 55.8 Å². The van der Waals surface area contributed by atoms with Crippen molar-refractivity contribution in [1.82, 2.24) is 0 Å². The summed E-state index contributed by atoms with van der Waals surface area (Å²) in [7, 11) is 1.40. The number of ether oxygens (including phenoxy) is 2. The van der Waals surface area contributed by atoms with Crippen molar-refractivity contribution in [3.05, 3.63) is 92.8 Å². The first-order chi connectivity index (χ1) is 22.2. The van der Waals surface area contributed by atoms with E-state index >= 15 is 0 Å². The molecule has 5 N–H and O–H groups in total. The molecule has 4 aliphatic rings. The fourth-order valence-corrected chi connectivity index (χ4v) is 9.30. The van der Waals surface area contributed by atoms with Crippen LogP contribution in [0.3, 0.4) is 0 Å². The van der Waals surface area contributed by atoms with Gasteiger partial charge in [0.05, 0.1) is 17.1 Å². The number of benzene rings is 3. The summed E-state index contributed by atoms with van der Waals surface area (Å²) in [6.07, 6.45) is 3.10. The third kappa shape index (κ3) is 3.87. The van der Waals surface area contributed by atoms with E-state index < -0.39 is 64.0 Å². The van der Waals surface area contributed by atoms with Crippen LogP contribution in [-0.2, 0) is 32.8 Å². The molecule has 0 bridgehead atoms. The quantitative estimate of drug-likeness (QED) is 0.163. The maximum absolute atomic E-state index is 14.6. The number of methoxy groups -OCH3 is 1. The number of aromatic hydroxyl groups is 1. The van der Waals surface area contributed by atoms with Crippen LogP contribution in [0.1, 0.15) is 84.3 Å². The zero-order valence-corrected chi connectivity index (χ0v) is 27.2. The monoisotopic (exact) mass is 637 g/mol. The minimum atomic E-state index is -2.81. The van der Waals surface area contributed by atoms with Gasteiger partial charge in [-0.15, -0.1) is 0 Å². The van der Waals surface area contributed by atoms with Crippen molar-refractivity contribution < 1.29 is 39.2 Å². The zero-order valence-electron chi connectivity index (χ0n) is 27.2. The highest BCUT2D eigenvalue weighted by Gasteiger charge is 2.64. The van der Waals surface area contributed by atoms with Crippen molar-refractivity contribution in [2.75, 3.05) is 7.11 Å². The molecule has 0 saturated carbocycles. The molecule has 0 unspecified atom stereocenters. The largest absolute Gasteiger partial charge is 0.511 e. The van der Waals surface area contributed by atoms with Crippen LogP contribution < -0.4 is 10.5 Å². The number of phenols is 1. The third-order valence-corrected chi connectivity index (χ3v) is 11.5. The summed E-state index contributed by atoms with van der Waals surface area (Å²) >= 11 is 0. The van der Waals surface area contributed by atoms with Gasteiger partial charge in [-0.3, -0.25) is 14.4 Å². The second-order valence-electron chi connectivity index (χ2n) is 14.2. The van der Waals surface area contributed by atoms with Gasteiger partial charge in [0.1, 0.15) is 29.4 Å². The van der Waals surface area contributed by atoms with Crippen molar-refractivity contribution in [3.8, 4) is 11.5 Å². The van der Waals surface area contributed by atoms with Crippen LogP contribution in [0.5, 0.6) is 11.5 Å². The maximum Gasteiger partial charge on any atom is 0.255 e. The van der Waals surface area contributed by atoms with Crippen LogP contribution in [0.4, 0.5) is 0 Å². The third-order valence-electron chi connectivity index (χ3n) is 11.5. The fraction of sp³-hybridized carbons (Fsp3) is 0.395. The molecule has 0 aromatic heterocycles. The van der Waals surface area contributed by atoms with E-state index in [0.29, 0.717) is 23.1 Å². The molecule has 0 fully saturated rings. The number of allylic oxidation sites excluding steroid dienone is 3. The van der Waals surface area contributed by atoms with Crippen LogP contribution >= 0.6 is 0 Å². The number of aliphatic hydroxyl groups is 2. The summed E-state index contributed by atoms with van der Waals surface area (Å²) in [6, 6.07) is 11.5. The lowest BCUT2D eigenvalue weighted by Crippen LogP contribution is -2.61. The van der Waals surface area contributed by atoms with E-state index in [0.717, 1.165) is 40.5 Å². The van der Waals surface area contributed by atoms with Crippen molar-refractivity contribution in [2.45, 2.75) is 77.1 Å².